The highest BCUT2D eigenvalue weighted by Gasteiger charge is 1.90. The molecule has 0 aliphatic rings. The maximum atomic E-state index is 10.1. The monoisotopic (exact) mass is 195 g/mol. The van der Waals surface area contributed by atoms with Crippen LogP contribution in [0.5, 0.6) is 0 Å². The van der Waals surface area contributed by atoms with Crippen LogP contribution in [0.25, 0.3) is 0 Å². The zero-order chi connectivity index (χ0) is 9.52. The molecule has 2 heteroatoms. The highest BCUT2D eigenvalue weighted by Crippen LogP contribution is 2.10. The second kappa shape index (κ2) is 5.79. The lowest BCUT2D eigenvalue weighted by atomic mass is 10.1. The fraction of sp³-hybridized carbons (Fsp3) is 0.273. The van der Waals surface area contributed by atoms with E-state index in [1.807, 2.05) is 30.3 Å². The molecule has 0 spiro atoms. The molecule has 0 aromatic heterocycles. The van der Waals surface area contributed by atoms with Crippen LogP contribution < -0.4 is 0 Å². The lowest BCUT2D eigenvalue weighted by Gasteiger charge is -1.97. The Labute approximate surface area is 83.7 Å². The third-order valence-electron chi connectivity index (χ3n) is 1.78. The van der Waals surface area contributed by atoms with Gasteiger partial charge in [0.25, 0.3) is 0 Å². The van der Waals surface area contributed by atoms with Crippen LogP contribution in [0.4, 0.5) is 0 Å². The fourth-order valence-electron chi connectivity index (χ4n) is 1.09. The first-order chi connectivity index (χ1) is 6.33. The van der Waals surface area contributed by atoms with E-state index in [-0.39, 0.29) is 6.61 Å². The number of allylic oxidation sites excluding steroid dienone is 1. The van der Waals surface area contributed by atoms with Crippen LogP contribution in [0.2, 0.25) is 5.02 Å². The van der Waals surface area contributed by atoms with E-state index >= 15 is 0 Å². The Hall–Kier alpha value is -0.790. The van der Waals surface area contributed by atoms with Gasteiger partial charge in [-0.3, -0.25) is 0 Å². The zero-order valence-electron chi connectivity index (χ0n) is 7.37. The second-order valence-electron chi connectivity index (χ2n) is 2.80. The van der Waals surface area contributed by atoms with E-state index < -0.39 is 0 Å². The van der Waals surface area contributed by atoms with Crippen molar-refractivity contribution in [1.82, 2.24) is 0 Å². The molecular formula is C11H12ClO. The number of aryl methyl sites for hydroxylation is 1. The van der Waals surface area contributed by atoms with Gasteiger partial charge < -0.3 is 0 Å². The molecule has 13 heavy (non-hydrogen) atoms. The number of benzene rings is 1. The Morgan fingerprint density at radius 1 is 1.15 bits per heavy atom. The van der Waals surface area contributed by atoms with Crippen molar-refractivity contribution < 1.29 is 5.11 Å². The van der Waals surface area contributed by atoms with Crippen molar-refractivity contribution in [2.75, 3.05) is 6.61 Å². The molecule has 0 N–H and O–H groups in total. The smallest absolute Gasteiger partial charge is 0.100 e. The first-order valence-electron chi connectivity index (χ1n) is 4.30. The van der Waals surface area contributed by atoms with Crippen LogP contribution >= 0.6 is 11.6 Å². The van der Waals surface area contributed by atoms with Gasteiger partial charge >= 0.3 is 0 Å². The first kappa shape index (κ1) is 10.3. The average Bonchev–Trinajstić information content (AvgIpc) is 2.15. The minimum Gasteiger partial charge on any atom is -0.232 e. The van der Waals surface area contributed by atoms with E-state index in [9.17, 15) is 5.11 Å². The average molecular weight is 196 g/mol. The second-order valence-corrected chi connectivity index (χ2v) is 3.24. The largest absolute Gasteiger partial charge is 0.232 e. The Morgan fingerprint density at radius 2 is 1.85 bits per heavy atom. The third-order valence-corrected chi connectivity index (χ3v) is 2.03. The molecule has 1 aromatic rings. The molecule has 1 rings (SSSR count). The summed E-state index contributed by atoms with van der Waals surface area (Å²) in [7, 11) is 0. The van der Waals surface area contributed by atoms with Gasteiger partial charge in [0.05, 0.1) is 0 Å². The Kier molecular flexibility index (Phi) is 4.58. The van der Waals surface area contributed by atoms with Gasteiger partial charge in [0.15, 0.2) is 0 Å². The van der Waals surface area contributed by atoms with E-state index in [0.717, 1.165) is 17.9 Å². The molecule has 0 atom stereocenters. The Morgan fingerprint density at radius 3 is 2.46 bits per heavy atom. The zero-order valence-corrected chi connectivity index (χ0v) is 8.13. The molecule has 0 heterocycles. The summed E-state index contributed by atoms with van der Waals surface area (Å²) in [5.41, 5.74) is 1.25. The van der Waals surface area contributed by atoms with Crippen LogP contribution in [-0.4, -0.2) is 6.61 Å². The van der Waals surface area contributed by atoms with Gasteiger partial charge in [0, 0.05) is 5.02 Å². The number of halogens is 1. The molecule has 0 saturated heterocycles. The fourth-order valence-corrected chi connectivity index (χ4v) is 1.21. The molecule has 0 aliphatic heterocycles. The lowest BCUT2D eigenvalue weighted by Crippen LogP contribution is -1.82. The normalized spacial score (nSPS) is 10.9. The summed E-state index contributed by atoms with van der Waals surface area (Å²) in [6.07, 6.45) is 5.45. The minimum absolute atomic E-state index is 0.124. The molecule has 1 nitrogen and oxygen atoms in total. The van der Waals surface area contributed by atoms with Gasteiger partial charge in [-0.05, 0) is 30.5 Å². The van der Waals surface area contributed by atoms with Crippen LogP contribution in [-0.2, 0) is 11.5 Å². The SMILES string of the molecule is [O]C/C=C/CCc1ccc(Cl)cc1. The molecule has 69 valence electrons. The van der Waals surface area contributed by atoms with E-state index in [1.54, 1.807) is 6.08 Å². The summed E-state index contributed by atoms with van der Waals surface area (Å²) in [5.74, 6) is 0. The minimum atomic E-state index is -0.124. The third kappa shape index (κ3) is 4.11. The summed E-state index contributed by atoms with van der Waals surface area (Å²) in [6.45, 7) is -0.124. The Balaban J connectivity index is 2.37. The molecule has 0 saturated carbocycles. The van der Waals surface area contributed by atoms with Crippen LogP contribution in [0, 0.1) is 0 Å². The van der Waals surface area contributed by atoms with Crippen molar-refractivity contribution in [3.8, 4) is 0 Å². The van der Waals surface area contributed by atoms with E-state index in [2.05, 4.69) is 0 Å². The lowest BCUT2D eigenvalue weighted by molar-refractivity contribution is 0.232. The summed E-state index contributed by atoms with van der Waals surface area (Å²) in [6, 6.07) is 7.78. The molecular weight excluding hydrogens is 184 g/mol. The van der Waals surface area contributed by atoms with E-state index in [4.69, 9.17) is 11.6 Å². The molecule has 0 bridgehead atoms. The molecule has 1 aromatic carbocycles. The number of hydrogen-bond donors (Lipinski definition) is 0. The van der Waals surface area contributed by atoms with Gasteiger partial charge in [-0.25, -0.2) is 5.11 Å². The molecule has 0 unspecified atom stereocenters. The highest BCUT2D eigenvalue weighted by atomic mass is 35.5. The standard InChI is InChI=1S/C11H12ClO/c12-11-7-5-10(6-8-11)4-2-1-3-9-13/h1,3,5-8H,2,4,9H2/b3-1+. The van der Waals surface area contributed by atoms with Crippen LogP contribution in [0.1, 0.15) is 12.0 Å². The van der Waals surface area contributed by atoms with E-state index in [1.165, 1.54) is 5.56 Å². The summed E-state index contributed by atoms with van der Waals surface area (Å²) in [5, 5.41) is 10.8. The predicted molar refractivity (Wildman–Crippen MR) is 54.5 cm³/mol. The van der Waals surface area contributed by atoms with Crippen molar-refractivity contribution in [3.63, 3.8) is 0 Å². The molecule has 1 radical (unpaired) electrons. The number of hydrogen-bond acceptors (Lipinski definition) is 0. The van der Waals surface area contributed by atoms with Crippen molar-refractivity contribution >= 4 is 11.6 Å². The first-order valence-corrected chi connectivity index (χ1v) is 4.68. The van der Waals surface area contributed by atoms with Crippen molar-refractivity contribution in [2.45, 2.75) is 12.8 Å². The quantitative estimate of drug-likeness (QED) is 0.658. The molecule has 0 amide bonds. The Bertz CT molecular complexity index is 264. The van der Waals surface area contributed by atoms with Crippen LogP contribution in [0.15, 0.2) is 36.4 Å². The summed E-state index contributed by atoms with van der Waals surface area (Å²) in [4.78, 5) is 0. The van der Waals surface area contributed by atoms with Gasteiger partial charge in [-0.2, -0.15) is 0 Å². The highest BCUT2D eigenvalue weighted by molar-refractivity contribution is 6.30. The van der Waals surface area contributed by atoms with Gasteiger partial charge in [-0.1, -0.05) is 35.9 Å². The van der Waals surface area contributed by atoms with Crippen LogP contribution in [0.3, 0.4) is 0 Å². The summed E-state index contributed by atoms with van der Waals surface area (Å²) < 4.78 is 0. The maximum Gasteiger partial charge on any atom is 0.100 e. The topological polar surface area (TPSA) is 19.9 Å². The van der Waals surface area contributed by atoms with Gasteiger partial charge in [0.2, 0.25) is 0 Å². The predicted octanol–water partition coefficient (Wildman–Crippen LogP) is 3.26. The maximum absolute atomic E-state index is 10.1. The summed E-state index contributed by atoms with van der Waals surface area (Å²) >= 11 is 5.74. The van der Waals surface area contributed by atoms with Gasteiger partial charge in [0.1, 0.15) is 6.61 Å². The van der Waals surface area contributed by atoms with Gasteiger partial charge in [-0.15, -0.1) is 0 Å². The molecule has 0 aliphatic carbocycles. The van der Waals surface area contributed by atoms with E-state index in [0.29, 0.717) is 0 Å². The van der Waals surface area contributed by atoms with Crippen molar-refractivity contribution in [1.29, 1.82) is 0 Å². The molecule has 0 fully saturated rings. The van der Waals surface area contributed by atoms with Crippen molar-refractivity contribution in [2.24, 2.45) is 0 Å². The van der Waals surface area contributed by atoms with Crippen molar-refractivity contribution in [3.05, 3.63) is 47.0 Å². The number of rotatable bonds is 4.